The predicted octanol–water partition coefficient (Wildman–Crippen LogP) is 3.07. The van der Waals surface area contributed by atoms with Crippen LogP contribution in [0.25, 0.3) is 6.08 Å². The molecule has 0 spiro atoms. The molecule has 8 heteroatoms. The van der Waals surface area contributed by atoms with Crippen LogP contribution in [0.15, 0.2) is 41.0 Å². The third-order valence-electron chi connectivity index (χ3n) is 4.28. The molecular formula is C21H21NO7. The van der Waals surface area contributed by atoms with Crippen LogP contribution in [0.2, 0.25) is 0 Å². The van der Waals surface area contributed by atoms with Crippen LogP contribution in [-0.4, -0.2) is 47.4 Å². The second-order valence-corrected chi connectivity index (χ2v) is 5.83. The summed E-state index contributed by atoms with van der Waals surface area (Å²) in [5.74, 6) is 2.00. The van der Waals surface area contributed by atoms with Crippen LogP contribution in [-0.2, 0) is 9.53 Å². The number of nitrogens with zero attached hydrogens (tertiary/aromatic N) is 1. The zero-order valence-corrected chi connectivity index (χ0v) is 16.8. The van der Waals surface area contributed by atoms with E-state index in [1.807, 2.05) is 0 Å². The molecule has 0 atom stereocenters. The number of aliphatic imine (C=N–C) groups is 1. The maximum Gasteiger partial charge on any atom is 0.363 e. The van der Waals surface area contributed by atoms with E-state index >= 15 is 0 Å². The summed E-state index contributed by atoms with van der Waals surface area (Å²) in [6, 6.07) is 8.58. The van der Waals surface area contributed by atoms with Gasteiger partial charge in [-0.25, -0.2) is 9.79 Å². The lowest BCUT2D eigenvalue weighted by atomic mass is 10.1. The average Bonchev–Trinajstić information content (AvgIpc) is 3.12. The van der Waals surface area contributed by atoms with Gasteiger partial charge < -0.3 is 28.4 Å². The molecule has 1 aliphatic heterocycles. The van der Waals surface area contributed by atoms with Crippen LogP contribution in [0.4, 0.5) is 0 Å². The Morgan fingerprint density at radius 2 is 1.45 bits per heavy atom. The Kier molecular flexibility index (Phi) is 5.92. The van der Waals surface area contributed by atoms with Gasteiger partial charge in [0.2, 0.25) is 11.6 Å². The van der Waals surface area contributed by atoms with Crippen molar-refractivity contribution in [1.82, 2.24) is 0 Å². The minimum atomic E-state index is -0.577. The smallest absolute Gasteiger partial charge is 0.363 e. The summed E-state index contributed by atoms with van der Waals surface area (Å²) in [7, 11) is 7.61. The Morgan fingerprint density at radius 3 is 2.07 bits per heavy atom. The van der Waals surface area contributed by atoms with E-state index in [9.17, 15) is 4.79 Å². The third kappa shape index (κ3) is 3.82. The van der Waals surface area contributed by atoms with Gasteiger partial charge in [-0.2, -0.15) is 0 Å². The van der Waals surface area contributed by atoms with Crippen molar-refractivity contribution >= 4 is 17.9 Å². The van der Waals surface area contributed by atoms with E-state index in [1.54, 1.807) is 43.5 Å². The zero-order chi connectivity index (χ0) is 21.0. The fourth-order valence-electron chi connectivity index (χ4n) is 2.89. The topological polar surface area (TPSA) is 84.8 Å². The minimum absolute atomic E-state index is 0.125. The summed E-state index contributed by atoms with van der Waals surface area (Å²) in [5.41, 5.74) is 1.30. The van der Waals surface area contributed by atoms with Crippen LogP contribution in [0.5, 0.6) is 28.7 Å². The fraction of sp³-hybridized carbons (Fsp3) is 0.238. The molecule has 2 aromatic carbocycles. The largest absolute Gasteiger partial charge is 0.493 e. The van der Waals surface area contributed by atoms with Gasteiger partial charge in [-0.05, 0) is 36.4 Å². The summed E-state index contributed by atoms with van der Waals surface area (Å²) < 4.78 is 31.9. The number of rotatable bonds is 7. The van der Waals surface area contributed by atoms with E-state index in [0.29, 0.717) is 39.9 Å². The van der Waals surface area contributed by atoms with E-state index in [2.05, 4.69) is 4.99 Å². The van der Waals surface area contributed by atoms with Gasteiger partial charge in [-0.15, -0.1) is 0 Å². The van der Waals surface area contributed by atoms with Crippen molar-refractivity contribution in [3.05, 3.63) is 47.2 Å². The average molecular weight is 399 g/mol. The number of carbonyl (C=O) groups excluding carboxylic acids is 1. The second-order valence-electron chi connectivity index (χ2n) is 5.83. The van der Waals surface area contributed by atoms with Crippen molar-refractivity contribution in [1.29, 1.82) is 0 Å². The normalized spacial score (nSPS) is 14.3. The van der Waals surface area contributed by atoms with Gasteiger partial charge in [-0.1, -0.05) is 0 Å². The molecule has 29 heavy (non-hydrogen) atoms. The molecule has 0 saturated carbocycles. The van der Waals surface area contributed by atoms with E-state index in [1.165, 1.54) is 28.4 Å². The van der Waals surface area contributed by atoms with Gasteiger partial charge in [0.25, 0.3) is 0 Å². The molecule has 3 rings (SSSR count). The monoisotopic (exact) mass is 399 g/mol. The molecule has 0 amide bonds. The van der Waals surface area contributed by atoms with E-state index < -0.39 is 5.97 Å². The summed E-state index contributed by atoms with van der Waals surface area (Å²) >= 11 is 0. The van der Waals surface area contributed by atoms with Crippen LogP contribution in [0.3, 0.4) is 0 Å². The molecular weight excluding hydrogens is 378 g/mol. The molecule has 2 aromatic rings. The van der Waals surface area contributed by atoms with Crippen molar-refractivity contribution in [2.24, 2.45) is 4.99 Å². The number of hydrogen-bond acceptors (Lipinski definition) is 8. The zero-order valence-electron chi connectivity index (χ0n) is 16.8. The molecule has 0 aliphatic carbocycles. The van der Waals surface area contributed by atoms with Crippen molar-refractivity contribution in [3.63, 3.8) is 0 Å². The first-order valence-corrected chi connectivity index (χ1v) is 8.60. The van der Waals surface area contributed by atoms with E-state index in [0.717, 1.165) is 0 Å². The number of methoxy groups -OCH3 is 5. The highest BCUT2D eigenvalue weighted by Crippen LogP contribution is 2.41. The summed E-state index contributed by atoms with van der Waals surface area (Å²) in [4.78, 5) is 16.7. The second kappa shape index (κ2) is 8.55. The summed E-state index contributed by atoms with van der Waals surface area (Å²) in [6.45, 7) is 0. The SMILES string of the molecule is COc1ccc(C2=N/C(=C/c3ccc(OC)c(OC)c3OC)C(=O)O2)cc1OC. The standard InChI is InChI=1S/C21H21NO7/c1-24-15-8-7-13(11-17(15)26-3)20-22-14(21(23)29-20)10-12-6-9-16(25-2)19(28-5)18(12)27-4/h6-11H,1-5H3/b14-10+. The lowest BCUT2D eigenvalue weighted by molar-refractivity contribution is -0.129. The van der Waals surface area contributed by atoms with Gasteiger partial charge in [0.05, 0.1) is 35.5 Å². The fourth-order valence-corrected chi connectivity index (χ4v) is 2.89. The first kappa shape index (κ1) is 20.1. The molecule has 0 bridgehead atoms. The van der Waals surface area contributed by atoms with E-state index in [4.69, 9.17) is 28.4 Å². The Hall–Kier alpha value is -3.68. The Morgan fingerprint density at radius 1 is 0.793 bits per heavy atom. The Labute approximate surface area is 168 Å². The molecule has 152 valence electrons. The van der Waals surface area contributed by atoms with Crippen LogP contribution in [0, 0.1) is 0 Å². The molecule has 0 N–H and O–H groups in total. The maximum atomic E-state index is 12.4. The molecule has 0 saturated heterocycles. The maximum absolute atomic E-state index is 12.4. The van der Waals surface area contributed by atoms with Crippen LogP contribution >= 0.6 is 0 Å². The number of ether oxygens (including phenoxy) is 6. The van der Waals surface area contributed by atoms with Gasteiger partial charge in [-0.3, -0.25) is 0 Å². The van der Waals surface area contributed by atoms with Crippen molar-refractivity contribution in [3.8, 4) is 28.7 Å². The van der Waals surface area contributed by atoms with Crippen LogP contribution < -0.4 is 23.7 Å². The Balaban J connectivity index is 2.01. The highest BCUT2D eigenvalue weighted by molar-refractivity contribution is 6.13. The number of benzene rings is 2. The summed E-state index contributed by atoms with van der Waals surface area (Å²) in [6.07, 6.45) is 1.57. The van der Waals surface area contributed by atoms with Gasteiger partial charge >= 0.3 is 5.97 Å². The van der Waals surface area contributed by atoms with Crippen LogP contribution in [0.1, 0.15) is 11.1 Å². The summed E-state index contributed by atoms with van der Waals surface area (Å²) in [5, 5.41) is 0. The van der Waals surface area contributed by atoms with Crippen molar-refractivity contribution in [2.45, 2.75) is 0 Å². The quantitative estimate of drug-likeness (QED) is 0.522. The first-order valence-electron chi connectivity index (χ1n) is 8.60. The number of carbonyl (C=O) groups is 1. The predicted molar refractivity (Wildman–Crippen MR) is 106 cm³/mol. The molecule has 0 aromatic heterocycles. The van der Waals surface area contributed by atoms with Gasteiger partial charge in [0.15, 0.2) is 28.7 Å². The minimum Gasteiger partial charge on any atom is -0.493 e. The molecule has 0 unspecified atom stereocenters. The van der Waals surface area contributed by atoms with Crippen molar-refractivity contribution < 1.29 is 33.2 Å². The first-order chi connectivity index (χ1) is 14.1. The number of hydrogen-bond donors (Lipinski definition) is 0. The highest BCUT2D eigenvalue weighted by Gasteiger charge is 2.26. The lowest BCUT2D eigenvalue weighted by Crippen LogP contribution is -2.06. The highest BCUT2D eigenvalue weighted by atomic mass is 16.6. The Bertz CT molecular complexity index is 995. The van der Waals surface area contributed by atoms with Gasteiger partial charge in [0.1, 0.15) is 0 Å². The third-order valence-corrected chi connectivity index (χ3v) is 4.28. The van der Waals surface area contributed by atoms with E-state index in [-0.39, 0.29) is 11.6 Å². The molecule has 1 aliphatic rings. The molecule has 8 nitrogen and oxygen atoms in total. The van der Waals surface area contributed by atoms with Gasteiger partial charge in [0, 0.05) is 11.1 Å². The lowest BCUT2D eigenvalue weighted by Gasteiger charge is -2.14. The molecule has 1 heterocycles. The number of cyclic esters (lactones) is 1. The number of esters is 1. The van der Waals surface area contributed by atoms with Crippen molar-refractivity contribution in [2.75, 3.05) is 35.5 Å². The molecule has 0 fully saturated rings. The molecule has 0 radical (unpaired) electrons.